The summed E-state index contributed by atoms with van der Waals surface area (Å²) in [5.74, 6) is 0. The monoisotopic (exact) mass is 209 g/mol. The van der Waals surface area contributed by atoms with Crippen molar-refractivity contribution < 1.29 is 0 Å². The summed E-state index contributed by atoms with van der Waals surface area (Å²) in [6.45, 7) is 2.07. The Kier molecular flexibility index (Phi) is 2.34. The van der Waals surface area contributed by atoms with Gasteiger partial charge in [0.25, 0.3) is 0 Å². The molecule has 0 N–H and O–H groups in total. The standard InChI is InChI=1S/C10H8ClNS/c1-7-3-2-4-8(5-7)9-6-10(11)13-12-9/h2-6H,1H3. The Balaban J connectivity index is 2.46. The van der Waals surface area contributed by atoms with E-state index in [2.05, 4.69) is 23.4 Å². The Hall–Kier alpha value is -0.860. The summed E-state index contributed by atoms with van der Waals surface area (Å²) in [7, 11) is 0. The average molecular weight is 210 g/mol. The highest BCUT2D eigenvalue weighted by Gasteiger charge is 2.02. The van der Waals surface area contributed by atoms with Crippen LogP contribution in [0.25, 0.3) is 11.3 Å². The summed E-state index contributed by atoms with van der Waals surface area (Å²) in [6, 6.07) is 10.1. The number of rotatable bonds is 1. The molecule has 0 atom stereocenters. The van der Waals surface area contributed by atoms with Gasteiger partial charge in [-0.2, -0.15) is 4.37 Å². The molecule has 0 spiro atoms. The highest BCUT2D eigenvalue weighted by molar-refractivity contribution is 7.10. The Morgan fingerprint density at radius 3 is 2.77 bits per heavy atom. The van der Waals surface area contributed by atoms with Gasteiger partial charge in [-0.15, -0.1) is 0 Å². The van der Waals surface area contributed by atoms with Crippen molar-refractivity contribution in [2.24, 2.45) is 0 Å². The fourth-order valence-electron chi connectivity index (χ4n) is 1.19. The van der Waals surface area contributed by atoms with Crippen molar-refractivity contribution in [2.45, 2.75) is 6.92 Å². The van der Waals surface area contributed by atoms with Crippen LogP contribution in [0.15, 0.2) is 30.3 Å². The van der Waals surface area contributed by atoms with Crippen molar-refractivity contribution in [3.05, 3.63) is 40.2 Å². The van der Waals surface area contributed by atoms with Gasteiger partial charge in [-0.25, -0.2) is 0 Å². The van der Waals surface area contributed by atoms with Gasteiger partial charge >= 0.3 is 0 Å². The van der Waals surface area contributed by atoms with E-state index >= 15 is 0 Å². The first-order valence-electron chi connectivity index (χ1n) is 3.95. The molecule has 1 heterocycles. The quantitative estimate of drug-likeness (QED) is 0.697. The molecular formula is C10H8ClNS. The van der Waals surface area contributed by atoms with Gasteiger partial charge in [0.15, 0.2) is 0 Å². The molecule has 66 valence electrons. The lowest BCUT2D eigenvalue weighted by atomic mass is 10.1. The SMILES string of the molecule is Cc1cccc(-c2cc(Cl)sn2)c1. The van der Waals surface area contributed by atoms with Crippen LogP contribution in [0.4, 0.5) is 0 Å². The van der Waals surface area contributed by atoms with Crippen LogP contribution in [0, 0.1) is 6.92 Å². The van der Waals surface area contributed by atoms with Crippen LogP contribution >= 0.6 is 23.1 Å². The average Bonchev–Trinajstić information content (AvgIpc) is 2.52. The van der Waals surface area contributed by atoms with E-state index < -0.39 is 0 Å². The zero-order valence-corrected chi connectivity index (χ0v) is 8.69. The molecule has 0 saturated heterocycles. The molecule has 0 amide bonds. The molecule has 0 saturated carbocycles. The summed E-state index contributed by atoms with van der Waals surface area (Å²) in [5, 5.41) is 0. The third-order valence-corrected chi connectivity index (χ3v) is 2.69. The van der Waals surface area contributed by atoms with E-state index in [1.54, 1.807) is 0 Å². The van der Waals surface area contributed by atoms with Crippen LogP contribution in [-0.4, -0.2) is 4.37 Å². The molecular weight excluding hydrogens is 202 g/mol. The fourth-order valence-corrected chi connectivity index (χ4v) is 1.91. The molecule has 0 aliphatic carbocycles. The van der Waals surface area contributed by atoms with Gasteiger partial charge < -0.3 is 0 Å². The van der Waals surface area contributed by atoms with E-state index in [1.807, 2.05) is 18.2 Å². The van der Waals surface area contributed by atoms with Crippen molar-refractivity contribution in [3.8, 4) is 11.3 Å². The minimum absolute atomic E-state index is 0.733. The predicted octanol–water partition coefficient (Wildman–Crippen LogP) is 3.77. The molecule has 2 aromatic rings. The zero-order chi connectivity index (χ0) is 9.26. The predicted molar refractivity (Wildman–Crippen MR) is 57.3 cm³/mol. The summed E-state index contributed by atoms with van der Waals surface area (Å²) >= 11 is 7.13. The maximum absolute atomic E-state index is 5.81. The van der Waals surface area contributed by atoms with Crippen LogP contribution < -0.4 is 0 Å². The highest BCUT2D eigenvalue weighted by Crippen LogP contribution is 2.25. The highest BCUT2D eigenvalue weighted by atomic mass is 35.5. The van der Waals surface area contributed by atoms with Gasteiger partial charge in [0.1, 0.15) is 4.34 Å². The lowest BCUT2D eigenvalue weighted by molar-refractivity contribution is 1.44. The lowest BCUT2D eigenvalue weighted by Gasteiger charge is -1.96. The number of aromatic nitrogens is 1. The maximum Gasteiger partial charge on any atom is 0.114 e. The third kappa shape index (κ3) is 1.90. The first kappa shape index (κ1) is 8.73. The van der Waals surface area contributed by atoms with Gasteiger partial charge in [0, 0.05) is 5.56 Å². The molecule has 3 heteroatoms. The molecule has 2 rings (SSSR count). The largest absolute Gasteiger partial charge is 0.191 e. The van der Waals surface area contributed by atoms with E-state index in [4.69, 9.17) is 11.6 Å². The van der Waals surface area contributed by atoms with E-state index in [1.165, 1.54) is 17.1 Å². The number of hydrogen-bond donors (Lipinski definition) is 0. The molecule has 0 aliphatic rings. The minimum Gasteiger partial charge on any atom is -0.191 e. The molecule has 1 aromatic heterocycles. The van der Waals surface area contributed by atoms with E-state index in [9.17, 15) is 0 Å². The smallest absolute Gasteiger partial charge is 0.114 e. The fraction of sp³-hybridized carbons (Fsp3) is 0.100. The second-order valence-corrected chi connectivity index (χ2v) is 4.32. The minimum atomic E-state index is 0.733. The number of hydrogen-bond acceptors (Lipinski definition) is 2. The maximum atomic E-state index is 5.81. The van der Waals surface area contributed by atoms with Crippen LogP contribution in [-0.2, 0) is 0 Å². The van der Waals surface area contributed by atoms with Crippen LogP contribution in [0.5, 0.6) is 0 Å². The van der Waals surface area contributed by atoms with Crippen molar-refractivity contribution in [2.75, 3.05) is 0 Å². The Morgan fingerprint density at radius 2 is 2.15 bits per heavy atom. The topological polar surface area (TPSA) is 12.9 Å². The molecule has 0 unspecified atom stereocenters. The first-order valence-corrected chi connectivity index (χ1v) is 5.10. The van der Waals surface area contributed by atoms with Crippen molar-refractivity contribution in [1.29, 1.82) is 0 Å². The molecule has 0 radical (unpaired) electrons. The third-order valence-electron chi connectivity index (χ3n) is 1.80. The van der Waals surface area contributed by atoms with Crippen molar-refractivity contribution in [3.63, 3.8) is 0 Å². The van der Waals surface area contributed by atoms with E-state index in [0.717, 1.165) is 15.6 Å². The number of nitrogens with zero attached hydrogens (tertiary/aromatic N) is 1. The molecule has 0 fully saturated rings. The van der Waals surface area contributed by atoms with Gasteiger partial charge in [-0.05, 0) is 30.6 Å². The summed E-state index contributed by atoms with van der Waals surface area (Å²) < 4.78 is 4.97. The molecule has 0 aliphatic heterocycles. The van der Waals surface area contributed by atoms with Gasteiger partial charge in [-0.1, -0.05) is 35.4 Å². The van der Waals surface area contributed by atoms with Crippen LogP contribution in [0.1, 0.15) is 5.56 Å². The first-order chi connectivity index (χ1) is 6.25. The summed E-state index contributed by atoms with van der Waals surface area (Å²) in [5.41, 5.74) is 3.32. The Bertz CT molecular complexity index is 422. The van der Waals surface area contributed by atoms with Crippen LogP contribution in [0.3, 0.4) is 0 Å². The van der Waals surface area contributed by atoms with Crippen molar-refractivity contribution in [1.82, 2.24) is 4.37 Å². The van der Waals surface area contributed by atoms with Gasteiger partial charge in [0.2, 0.25) is 0 Å². The Morgan fingerprint density at radius 1 is 1.31 bits per heavy atom. The summed E-state index contributed by atoms with van der Waals surface area (Å²) in [4.78, 5) is 0. The van der Waals surface area contributed by atoms with Crippen molar-refractivity contribution >= 4 is 23.1 Å². The van der Waals surface area contributed by atoms with E-state index in [-0.39, 0.29) is 0 Å². The molecule has 1 aromatic carbocycles. The molecule has 13 heavy (non-hydrogen) atoms. The second kappa shape index (κ2) is 3.48. The molecule has 1 nitrogen and oxygen atoms in total. The lowest BCUT2D eigenvalue weighted by Crippen LogP contribution is -1.77. The zero-order valence-electron chi connectivity index (χ0n) is 7.12. The number of benzene rings is 1. The van der Waals surface area contributed by atoms with Crippen LogP contribution in [0.2, 0.25) is 4.34 Å². The second-order valence-electron chi connectivity index (χ2n) is 2.89. The van der Waals surface area contributed by atoms with Gasteiger partial charge in [-0.3, -0.25) is 0 Å². The van der Waals surface area contributed by atoms with Gasteiger partial charge in [0.05, 0.1) is 5.69 Å². The van der Waals surface area contributed by atoms with E-state index in [0.29, 0.717) is 0 Å². The number of aryl methyl sites for hydroxylation is 1. The summed E-state index contributed by atoms with van der Waals surface area (Å²) in [6.07, 6.45) is 0. The number of halogens is 1. The Labute approximate surface area is 86.2 Å². The molecule has 0 bridgehead atoms. The normalized spacial score (nSPS) is 10.3.